The Balaban J connectivity index is 2.44. The van der Waals surface area contributed by atoms with Crippen molar-refractivity contribution in [2.24, 2.45) is 0 Å². The number of nitrogens with one attached hydrogen (secondary N) is 1. The zero-order chi connectivity index (χ0) is 9.26. The summed E-state index contributed by atoms with van der Waals surface area (Å²) in [5.74, 6) is -0.928. The molecule has 0 aromatic carbocycles. The van der Waals surface area contributed by atoms with Crippen LogP contribution in [0.5, 0.6) is 0 Å². The summed E-state index contributed by atoms with van der Waals surface area (Å²) >= 11 is 0. The molecule has 0 radical (unpaired) electrons. The van der Waals surface area contributed by atoms with Gasteiger partial charge in [0.05, 0.1) is 0 Å². The summed E-state index contributed by atoms with van der Waals surface area (Å²) in [6.07, 6.45) is 5.00. The number of rotatable bonds is 1. The maximum Gasteiger partial charge on any atom is 0.351 e. The predicted octanol–water partition coefficient (Wildman–Crippen LogP) is 0.610. The van der Waals surface area contributed by atoms with E-state index in [1.54, 1.807) is 24.5 Å². The normalized spacial score (nSPS) is 14.0. The number of aromatic nitrogens is 1. The van der Waals surface area contributed by atoms with Crippen molar-refractivity contribution in [3.05, 3.63) is 35.3 Å². The van der Waals surface area contributed by atoms with Gasteiger partial charge in [-0.1, -0.05) is 0 Å². The molecule has 0 fully saturated rings. The molecular weight excluding hydrogens is 168 g/mol. The molecule has 1 aliphatic rings. The minimum absolute atomic E-state index is 0.235. The molecule has 0 saturated heterocycles. The minimum Gasteiger partial charge on any atom is -0.477 e. The fourth-order valence-electron chi connectivity index (χ4n) is 1.26. The lowest BCUT2D eigenvalue weighted by molar-refractivity contribution is -0.133. The standard InChI is InChI=1S/C9H8N2O2/c12-9(13)8-3-6-1-2-10-4-7(6)5-11-8/h1-4,11H,5H2,(H,12,13). The monoisotopic (exact) mass is 176 g/mol. The average molecular weight is 176 g/mol. The molecule has 2 rings (SSSR count). The van der Waals surface area contributed by atoms with Gasteiger partial charge in [-0.05, 0) is 23.3 Å². The summed E-state index contributed by atoms with van der Waals surface area (Å²) in [5.41, 5.74) is 2.18. The molecule has 1 aromatic rings. The Hall–Kier alpha value is -1.84. The number of carboxylic acid groups (broad SMARTS) is 1. The molecule has 1 aromatic heterocycles. The largest absolute Gasteiger partial charge is 0.477 e. The first-order chi connectivity index (χ1) is 6.27. The fraction of sp³-hybridized carbons (Fsp3) is 0.111. The van der Waals surface area contributed by atoms with E-state index in [9.17, 15) is 4.79 Å². The molecule has 0 unspecified atom stereocenters. The molecule has 2 N–H and O–H groups in total. The van der Waals surface area contributed by atoms with E-state index in [0.29, 0.717) is 6.54 Å². The number of fused-ring (bicyclic) bond motifs is 1. The molecular formula is C9H8N2O2. The number of aliphatic carboxylic acids is 1. The van der Waals surface area contributed by atoms with Crippen molar-refractivity contribution in [1.29, 1.82) is 0 Å². The quantitative estimate of drug-likeness (QED) is 0.658. The maximum absolute atomic E-state index is 10.6. The summed E-state index contributed by atoms with van der Waals surface area (Å²) in [4.78, 5) is 14.6. The summed E-state index contributed by atoms with van der Waals surface area (Å²) in [5, 5.41) is 11.5. The Morgan fingerprint density at radius 2 is 2.46 bits per heavy atom. The molecule has 0 bridgehead atoms. The summed E-state index contributed by atoms with van der Waals surface area (Å²) < 4.78 is 0. The smallest absolute Gasteiger partial charge is 0.351 e. The van der Waals surface area contributed by atoms with Crippen LogP contribution in [0.25, 0.3) is 6.08 Å². The van der Waals surface area contributed by atoms with Crippen molar-refractivity contribution in [3.8, 4) is 0 Å². The van der Waals surface area contributed by atoms with Crippen LogP contribution in [-0.2, 0) is 11.3 Å². The lowest BCUT2D eigenvalue weighted by Gasteiger charge is -2.14. The molecule has 0 aliphatic carbocycles. The first-order valence-electron chi connectivity index (χ1n) is 3.89. The van der Waals surface area contributed by atoms with Crippen molar-refractivity contribution in [2.75, 3.05) is 0 Å². The second-order valence-corrected chi connectivity index (χ2v) is 2.79. The Labute approximate surface area is 74.9 Å². The molecule has 4 heteroatoms. The van der Waals surface area contributed by atoms with Gasteiger partial charge in [0, 0.05) is 18.9 Å². The zero-order valence-corrected chi connectivity index (χ0v) is 6.82. The van der Waals surface area contributed by atoms with Crippen LogP contribution in [0, 0.1) is 0 Å². The third-order valence-corrected chi connectivity index (χ3v) is 1.94. The van der Waals surface area contributed by atoms with Crippen LogP contribution in [0.1, 0.15) is 11.1 Å². The highest BCUT2D eigenvalue weighted by Gasteiger charge is 2.13. The number of hydrogen-bond acceptors (Lipinski definition) is 3. The Kier molecular flexibility index (Phi) is 1.73. The lowest BCUT2D eigenvalue weighted by atomic mass is 10.1. The van der Waals surface area contributed by atoms with Crippen LogP contribution in [0.2, 0.25) is 0 Å². The van der Waals surface area contributed by atoms with Crippen LogP contribution in [0.4, 0.5) is 0 Å². The third-order valence-electron chi connectivity index (χ3n) is 1.94. The Bertz CT molecular complexity index is 385. The van der Waals surface area contributed by atoms with Gasteiger partial charge < -0.3 is 10.4 Å². The molecule has 66 valence electrons. The van der Waals surface area contributed by atoms with Gasteiger partial charge in [-0.15, -0.1) is 0 Å². The van der Waals surface area contributed by atoms with E-state index in [0.717, 1.165) is 11.1 Å². The van der Waals surface area contributed by atoms with E-state index < -0.39 is 5.97 Å². The van der Waals surface area contributed by atoms with Gasteiger partial charge >= 0.3 is 5.97 Å². The highest BCUT2D eigenvalue weighted by Crippen LogP contribution is 2.15. The van der Waals surface area contributed by atoms with E-state index >= 15 is 0 Å². The van der Waals surface area contributed by atoms with Gasteiger partial charge in [0.2, 0.25) is 0 Å². The maximum atomic E-state index is 10.6. The molecule has 0 saturated carbocycles. The first-order valence-corrected chi connectivity index (χ1v) is 3.89. The van der Waals surface area contributed by atoms with Crippen LogP contribution in [0.3, 0.4) is 0 Å². The highest BCUT2D eigenvalue weighted by molar-refractivity contribution is 5.92. The number of carbonyl (C=O) groups is 1. The molecule has 0 amide bonds. The van der Waals surface area contributed by atoms with E-state index in [4.69, 9.17) is 5.11 Å². The summed E-state index contributed by atoms with van der Waals surface area (Å²) in [7, 11) is 0. The van der Waals surface area contributed by atoms with Crippen LogP contribution >= 0.6 is 0 Å². The molecule has 2 heterocycles. The predicted molar refractivity (Wildman–Crippen MR) is 46.7 cm³/mol. The van der Waals surface area contributed by atoms with Crippen molar-refractivity contribution in [1.82, 2.24) is 10.3 Å². The summed E-state index contributed by atoms with van der Waals surface area (Å²) in [6, 6.07) is 1.80. The van der Waals surface area contributed by atoms with Gasteiger partial charge in [-0.2, -0.15) is 0 Å². The molecule has 13 heavy (non-hydrogen) atoms. The van der Waals surface area contributed by atoms with Crippen molar-refractivity contribution < 1.29 is 9.90 Å². The number of carboxylic acids is 1. The summed E-state index contributed by atoms with van der Waals surface area (Å²) in [6.45, 7) is 0.529. The second kappa shape index (κ2) is 2.90. The van der Waals surface area contributed by atoms with Gasteiger partial charge in [0.1, 0.15) is 5.70 Å². The number of hydrogen-bond donors (Lipinski definition) is 2. The fourth-order valence-corrected chi connectivity index (χ4v) is 1.26. The van der Waals surface area contributed by atoms with Crippen LogP contribution in [-0.4, -0.2) is 16.1 Å². The third kappa shape index (κ3) is 1.38. The molecule has 0 atom stereocenters. The van der Waals surface area contributed by atoms with Gasteiger partial charge in [-0.3, -0.25) is 4.98 Å². The van der Waals surface area contributed by atoms with Crippen molar-refractivity contribution in [3.63, 3.8) is 0 Å². The number of nitrogens with zero attached hydrogens (tertiary/aromatic N) is 1. The second-order valence-electron chi connectivity index (χ2n) is 2.79. The molecule has 0 spiro atoms. The van der Waals surface area contributed by atoms with Gasteiger partial charge in [0.25, 0.3) is 0 Å². The molecule has 4 nitrogen and oxygen atoms in total. The lowest BCUT2D eigenvalue weighted by Crippen LogP contribution is -2.23. The van der Waals surface area contributed by atoms with Gasteiger partial charge in [0.15, 0.2) is 0 Å². The van der Waals surface area contributed by atoms with Crippen LogP contribution in [0.15, 0.2) is 24.2 Å². The zero-order valence-electron chi connectivity index (χ0n) is 6.82. The highest BCUT2D eigenvalue weighted by atomic mass is 16.4. The first kappa shape index (κ1) is 7.79. The van der Waals surface area contributed by atoms with Crippen molar-refractivity contribution in [2.45, 2.75) is 6.54 Å². The van der Waals surface area contributed by atoms with Crippen LogP contribution < -0.4 is 5.32 Å². The van der Waals surface area contributed by atoms with E-state index in [1.807, 2.05) is 0 Å². The van der Waals surface area contributed by atoms with Crippen molar-refractivity contribution >= 4 is 12.0 Å². The van der Waals surface area contributed by atoms with E-state index in [1.165, 1.54) is 0 Å². The SMILES string of the molecule is O=C(O)C1=Cc2ccncc2CN1. The van der Waals surface area contributed by atoms with E-state index in [2.05, 4.69) is 10.3 Å². The topological polar surface area (TPSA) is 62.2 Å². The minimum atomic E-state index is -0.928. The Morgan fingerprint density at radius 1 is 1.62 bits per heavy atom. The van der Waals surface area contributed by atoms with E-state index in [-0.39, 0.29) is 5.70 Å². The van der Waals surface area contributed by atoms with Gasteiger partial charge in [-0.25, -0.2) is 4.79 Å². The number of pyridine rings is 1. The molecule has 1 aliphatic heterocycles. The average Bonchev–Trinajstić information content (AvgIpc) is 2.17. The Morgan fingerprint density at radius 3 is 3.23 bits per heavy atom.